The van der Waals surface area contributed by atoms with E-state index in [1.54, 1.807) is 0 Å². The molecule has 0 aliphatic carbocycles. The molecule has 0 aromatic rings. The molecule has 2 fully saturated rings. The van der Waals surface area contributed by atoms with Gasteiger partial charge in [0.2, 0.25) is 0 Å². The molecule has 2 aliphatic rings. The van der Waals surface area contributed by atoms with Gasteiger partial charge in [0.25, 0.3) is 0 Å². The van der Waals surface area contributed by atoms with E-state index in [0.29, 0.717) is 6.33 Å². The van der Waals surface area contributed by atoms with E-state index in [-0.39, 0.29) is 24.6 Å². The zero-order chi connectivity index (χ0) is 8.60. The molecule has 0 aromatic heterocycles. The summed E-state index contributed by atoms with van der Waals surface area (Å²) in [5, 5.41) is 9.25. The molecule has 0 radical (unpaired) electrons. The highest BCUT2D eigenvalue weighted by molar-refractivity contribution is 5.85. The molecule has 0 spiro atoms. The molecule has 13 heavy (non-hydrogen) atoms. The van der Waals surface area contributed by atoms with E-state index in [1.165, 1.54) is 0 Å². The second kappa shape index (κ2) is 3.95. The molecule has 2 rings (SSSR count). The van der Waals surface area contributed by atoms with Crippen molar-refractivity contribution in [3.05, 3.63) is 11.9 Å². The van der Waals surface area contributed by atoms with Gasteiger partial charge >= 0.3 is 0 Å². The summed E-state index contributed by atoms with van der Waals surface area (Å²) < 4.78 is 12.2. The third-order valence-electron chi connectivity index (χ3n) is 3.14. The third kappa shape index (κ3) is 1.60. The minimum Gasteiger partial charge on any atom is -0.394 e. The van der Waals surface area contributed by atoms with Crippen LogP contribution < -0.4 is 0 Å². The van der Waals surface area contributed by atoms with Crippen LogP contribution in [0.2, 0.25) is 0 Å². The summed E-state index contributed by atoms with van der Waals surface area (Å²) in [6.45, 7) is 1.90. The van der Waals surface area contributed by atoms with Crippen LogP contribution in [0.3, 0.4) is 0 Å². The molecule has 2 saturated heterocycles. The van der Waals surface area contributed by atoms with Crippen molar-refractivity contribution in [3.8, 4) is 0 Å². The fourth-order valence-corrected chi connectivity index (χ4v) is 2.47. The van der Waals surface area contributed by atoms with Gasteiger partial charge in [0.05, 0.1) is 12.9 Å². The Morgan fingerprint density at radius 3 is 2.92 bits per heavy atom. The zero-order valence-corrected chi connectivity index (χ0v) is 8.32. The predicted molar refractivity (Wildman–Crippen MR) is 51.7 cm³/mol. The Bertz CT molecular complexity index is 222. The van der Waals surface area contributed by atoms with Crippen molar-refractivity contribution < 1.29 is 9.50 Å². The van der Waals surface area contributed by atoms with Gasteiger partial charge in [0.1, 0.15) is 0 Å². The van der Waals surface area contributed by atoms with E-state index in [4.69, 9.17) is 0 Å². The van der Waals surface area contributed by atoms with Gasteiger partial charge in [0.15, 0.2) is 0 Å². The Morgan fingerprint density at radius 1 is 1.62 bits per heavy atom. The van der Waals surface area contributed by atoms with Crippen LogP contribution in [-0.4, -0.2) is 35.2 Å². The second-order valence-electron chi connectivity index (χ2n) is 3.85. The van der Waals surface area contributed by atoms with Gasteiger partial charge in [-0.2, -0.15) is 0 Å². The standard InChI is InChI=1S/C9H14FNO.ClH/c10-5-8-4-9(7-12)2-1-3-11(9)6-8;/h5,12H,1-4,6-7H2;1H/b8-5+;/t9-;/m0./s1. The van der Waals surface area contributed by atoms with Gasteiger partial charge in [-0.05, 0) is 31.4 Å². The Balaban J connectivity index is 0.000000845. The highest BCUT2D eigenvalue weighted by Crippen LogP contribution is 2.40. The van der Waals surface area contributed by atoms with Crippen molar-refractivity contribution in [2.45, 2.75) is 24.8 Å². The lowest BCUT2D eigenvalue weighted by Crippen LogP contribution is -2.41. The molecule has 0 amide bonds. The lowest BCUT2D eigenvalue weighted by atomic mass is 9.94. The van der Waals surface area contributed by atoms with Crippen molar-refractivity contribution in [2.24, 2.45) is 0 Å². The lowest BCUT2D eigenvalue weighted by Gasteiger charge is -2.28. The van der Waals surface area contributed by atoms with Crippen LogP contribution in [0.25, 0.3) is 0 Å². The highest BCUT2D eigenvalue weighted by atomic mass is 35.5. The Labute approximate surface area is 83.8 Å². The summed E-state index contributed by atoms with van der Waals surface area (Å²) in [5.41, 5.74) is 0.738. The van der Waals surface area contributed by atoms with E-state index >= 15 is 0 Å². The maximum atomic E-state index is 12.2. The first-order chi connectivity index (χ1) is 5.80. The van der Waals surface area contributed by atoms with Crippen LogP contribution in [-0.2, 0) is 0 Å². The first-order valence-corrected chi connectivity index (χ1v) is 4.45. The zero-order valence-electron chi connectivity index (χ0n) is 7.50. The molecule has 4 heteroatoms. The van der Waals surface area contributed by atoms with Gasteiger partial charge < -0.3 is 5.11 Å². The highest BCUT2D eigenvalue weighted by Gasteiger charge is 2.45. The Morgan fingerprint density at radius 2 is 2.38 bits per heavy atom. The summed E-state index contributed by atoms with van der Waals surface area (Å²) in [7, 11) is 0. The first kappa shape index (κ1) is 11.0. The second-order valence-corrected chi connectivity index (χ2v) is 3.85. The molecule has 2 nitrogen and oxygen atoms in total. The number of nitrogens with zero attached hydrogens (tertiary/aromatic N) is 1. The first-order valence-electron chi connectivity index (χ1n) is 4.45. The molecule has 2 aliphatic heterocycles. The maximum Gasteiger partial charge on any atom is 0.0872 e. The lowest BCUT2D eigenvalue weighted by molar-refractivity contribution is 0.1000. The van der Waals surface area contributed by atoms with Gasteiger partial charge in [0, 0.05) is 12.1 Å². The topological polar surface area (TPSA) is 23.5 Å². The molecule has 0 unspecified atom stereocenters. The van der Waals surface area contributed by atoms with Crippen molar-refractivity contribution >= 4 is 12.4 Å². The third-order valence-corrected chi connectivity index (χ3v) is 3.14. The summed E-state index contributed by atoms with van der Waals surface area (Å²) in [4.78, 5) is 2.21. The molecular formula is C9H15ClFNO. The smallest absolute Gasteiger partial charge is 0.0872 e. The number of hydrogen-bond acceptors (Lipinski definition) is 2. The van der Waals surface area contributed by atoms with Crippen LogP contribution in [0, 0.1) is 0 Å². The van der Waals surface area contributed by atoms with E-state index in [9.17, 15) is 9.50 Å². The summed E-state index contributed by atoms with van der Waals surface area (Å²) in [5.74, 6) is 0. The minimum atomic E-state index is -0.0993. The number of aliphatic hydroxyl groups is 1. The number of halogens is 2. The molecular weight excluding hydrogens is 193 g/mol. The molecule has 1 N–H and O–H groups in total. The summed E-state index contributed by atoms with van der Waals surface area (Å²) in [6, 6.07) is 0. The van der Waals surface area contributed by atoms with E-state index in [1.807, 2.05) is 0 Å². The van der Waals surface area contributed by atoms with E-state index in [0.717, 1.165) is 37.9 Å². The van der Waals surface area contributed by atoms with Crippen molar-refractivity contribution in [1.29, 1.82) is 0 Å². The monoisotopic (exact) mass is 207 g/mol. The number of fused-ring (bicyclic) bond motifs is 1. The molecule has 1 atom stereocenters. The largest absolute Gasteiger partial charge is 0.394 e. The Kier molecular flexibility index (Phi) is 3.33. The average molecular weight is 208 g/mol. The minimum absolute atomic E-state index is 0. The van der Waals surface area contributed by atoms with Crippen LogP contribution in [0.1, 0.15) is 19.3 Å². The van der Waals surface area contributed by atoms with Gasteiger partial charge in [-0.1, -0.05) is 0 Å². The number of hydrogen-bond donors (Lipinski definition) is 1. The molecule has 2 heterocycles. The predicted octanol–water partition coefficient (Wildman–Crippen LogP) is 1.49. The average Bonchev–Trinajstić information content (AvgIpc) is 2.58. The maximum absolute atomic E-state index is 12.2. The van der Waals surface area contributed by atoms with Crippen LogP contribution in [0.5, 0.6) is 0 Å². The summed E-state index contributed by atoms with van der Waals surface area (Å²) >= 11 is 0. The normalized spacial score (nSPS) is 36.3. The van der Waals surface area contributed by atoms with Crippen LogP contribution in [0.15, 0.2) is 11.9 Å². The van der Waals surface area contributed by atoms with Crippen molar-refractivity contribution in [1.82, 2.24) is 4.90 Å². The van der Waals surface area contributed by atoms with Crippen molar-refractivity contribution in [2.75, 3.05) is 19.7 Å². The van der Waals surface area contributed by atoms with Gasteiger partial charge in [-0.25, -0.2) is 4.39 Å². The van der Waals surface area contributed by atoms with Gasteiger partial charge in [-0.3, -0.25) is 4.90 Å². The van der Waals surface area contributed by atoms with Gasteiger partial charge in [-0.15, -0.1) is 12.4 Å². The van der Waals surface area contributed by atoms with Crippen LogP contribution in [0.4, 0.5) is 4.39 Å². The fourth-order valence-electron chi connectivity index (χ4n) is 2.47. The number of rotatable bonds is 1. The molecule has 76 valence electrons. The SMILES string of the molecule is Cl.OC[C@@]12CCCN1C/C(=C/F)C2. The fraction of sp³-hybridized carbons (Fsp3) is 0.778. The summed E-state index contributed by atoms with van der Waals surface area (Å²) in [6.07, 6.45) is 3.58. The van der Waals surface area contributed by atoms with E-state index in [2.05, 4.69) is 4.90 Å². The molecule has 0 bridgehead atoms. The Hall–Kier alpha value is -0.120. The molecule has 0 aromatic carbocycles. The number of aliphatic hydroxyl groups excluding tert-OH is 1. The van der Waals surface area contributed by atoms with Crippen molar-refractivity contribution in [3.63, 3.8) is 0 Å². The van der Waals surface area contributed by atoms with E-state index < -0.39 is 0 Å². The van der Waals surface area contributed by atoms with Crippen LogP contribution >= 0.6 is 12.4 Å². The molecule has 0 saturated carbocycles. The quantitative estimate of drug-likeness (QED) is 0.705.